The maximum atomic E-state index is 12.7. The molecule has 26 heavy (non-hydrogen) atoms. The van der Waals surface area contributed by atoms with Crippen LogP contribution >= 0.6 is 0 Å². The molecule has 2 aliphatic rings. The second-order valence-corrected chi connectivity index (χ2v) is 8.95. The minimum absolute atomic E-state index is 0.0363. The van der Waals surface area contributed by atoms with Crippen LogP contribution in [0.5, 0.6) is 0 Å². The molecule has 8 nitrogen and oxygen atoms in total. The fourth-order valence-corrected chi connectivity index (χ4v) is 5.34. The zero-order chi connectivity index (χ0) is 19.2. The molecular weight excluding hydrogens is 358 g/mol. The number of amides is 2. The zero-order valence-corrected chi connectivity index (χ0v) is 16.6. The third kappa shape index (κ3) is 5.33. The maximum absolute atomic E-state index is 12.7. The van der Waals surface area contributed by atoms with Gasteiger partial charge >= 0.3 is 6.09 Å². The van der Waals surface area contributed by atoms with Crippen molar-refractivity contribution < 1.29 is 22.7 Å². The minimum atomic E-state index is -3.39. The van der Waals surface area contributed by atoms with E-state index in [0.29, 0.717) is 51.9 Å². The van der Waals surface area contributed by atoms with Gasteiger partial charge in [-0.2, -0.15) is 4.31 Å². The summed E-state index contributed by atoms with van der Waals surface area (Å²) in [4.78, 5) is 26.1. The number of likely N-dealkylation sites (tertiary alicyclic amines) is 1. The molecule has 2 amide bonds. The molecule has 0 bridgehead atoms. The molecule has 0 aromatic rings. The molecule has 1 unspecified atom stereocenters. The quantitative estimate of drug-likeness (QED) is 0.739. The Morgan fingerprint density at radius 3 is 2.38 bits per heavy atom. The van der Waals surface area contributed by atoms with Gasteiger partial charge in [0.25, 0.3) is 0 Å². The van der Waals surface area contributed by atoms with E-state index in [1.165, 1.54) is 4.31 Å². The summed E-state index contributed by atoms with van der Waals surface area (Å²) in [5, 5.41) is 3.00. The fraction of sp³-hybridized carbons (Fsp3) is 0.882. The monoisotopic (exact) mass is 389 g/mol. The van der Waals surface area contributed by atoms with Gasteiger partial charge in [0.05, 0.1) is 12.4 Å². The average Bonchev–Trinajstić information content (AvgIpc) is 2.62. The zero-order valence-electron chi connectivity index (χ0n) is 15.8. The Morgan fingerprint density at radius 1 is 1.08 bits per heavy atom. The second-order valence-electron chi connectivity index (χ2n) is 6.91. The number of hydrogen-bond acceptors (Lipinski definition) is 5. The standard InChI is InChI=1S/C17H31N3O5S/c1-3-13-26(23,24)20-10-6-5-7-15(20)16(21)18-14-8-11-19(12-9-14)17(22)25-4-2/h14-15H,3-13H2,1-2H3,(H,18,21). The molecule has 2 rings (SSSR count). The molecule has 2 aliphatic heterocycles. The van der Waals surface area contributed by atoms with E-state index in [1.807, 2.05) is 6.92 Å². The predicted molar refractivity (Wildman–Crippen MR) is 98.2 cm³/mol. The Bertz CT molecular complexity index is 587. The van der Waals surface area contributed by atoms with Gasteiger partial charge in [0.2, 0.25) is 15.9 Å². The number of carbonyl (C=O) groups excluding carboxylic acids is 2. The van der Waals surface area contributed by atoms with Crippen molar-refractivity contribution in [2.45, 2.75) is 64.5 Å². The first-order chi connectivity index (χ1) is 12.4. The van der Waals surface area contributed by atoms with Crippen LogP contribution in [0.25, 0.3) is 0 Å². The molecule has 2 fully saturated rings. The van der Waals surface area contributed by atoms with Gasteiger partial charge in [-0.25, -0.2) is 13.2 Å². The van der Waals surface area contributed by atoms with E-state index in [0.717, 1.165) is 12.8 Å². The van der Waals surface area contributed by atoms with Crippen LogP contribution in [0.3, 0.4) is 0 Å². The first kappa shape index (κ1) is 21.0. The summed E-state index contributed by atoms with van der Waals surface area (Å²) in [6.07, 6.45) is 3.75. The van der Waals surface area contributed by atoms with E-state index in [4.69, 9.17) is 4.74 Å². The highest BCUT2D eigenvalue weighted by Gasteiger charge is 2.37. The largest absolute Gasteiger partial charge is 0.450 e. The van der Waals surface area contributed by atoms with Gasteiger partial charge in [-0.1, -0.05) is 13.3 Å². The number of piperidine rings is 2. The molecule has 0 radical (unpaired) electrons. The number of ether oxygens (including phenoxy) is 1. The number of sulfonamides is 1. The highest BCUT2D eigenvalue weighted by atomic mass is 32.2. The molecule has 0 aromatic heterocycles. The Hall–Kier alpha value is -1.35. The Morgan fingerprint density at radius 2 is 1.77 bits per heavy atom. The second kappa shape index (κ2) is 9.55. The van der Waals surface area contributed by atoms with Crippen molar-refractivity contribution in [3.05, 3.63) is 0 Å². The average molecular weight is 390 g/mol. The summed E-state index contributed by atoms with van der Waals surface area (Å²) in [6, 6.07) is -0.644. The minimum Gasteiger partial charge on any atom is -0.450 e. The van der Waals surface area contributed by atoms with E-state index in [1.54, 1.807) is 11.8 Å². The van der Waals surface area contributed by atoms with Gasteiger partial charge < -0.3 is 15.0 Å². The van der Waals surface area contributed by atoms with E-state index < -0.39 is 16.1 Å². The molecular formula is C17H31N3O5S. The molecule has 1 atom stereocenters. The molecule has 2 saturated heterocycles. The number of rotatable bonds is 6. The summed E-state index contributed by atoms with van der Waals surface area (Å²) in [6.45, 7) is 5.43. The Kier molecular flexibility index (Phi) is 7.69. The van der Waals surface area contributed by atoms with Crippen molar-refractivity contribution >= 4 is 22.0 Å². The number of nitrogens with one attached hydrogen (secondary N) is 1. The summed E-state index contributed by atoms with van der Waals surface area (Å²) >= 11 is 0. The highest BCUT2D eigenvalue weighted by molar-refractivity contribution is 7.89. The van der Waals surface area contributed by atoms with Gasteiger partial charge in [-0.3, -0.25) is 4.79 Å². The van der Waals surface area contributed by atoms with Crippen LogP contribution in [0, 0.1) is 0 Å². The lowest BCUT2D eigenvalue weighted by atomic mass is 10.0. The van der Waals surface area contributed by atoms with E-state index in [-0.39, 0.29) is 23.8 Å². The first-order valence-corrected chi connectivity index (χ1v) is 11.2. The molecule has 1 N–H and O–H groups in total. The molecule has 2 heterocycles. The van der Waals surface area contributed by atoms with Crippen LogP contribution in [0.4, 0.5) is 4.79 Å². The van der Waals surface area contributed by atoms with Crippen LogP contribution in [0.2, 0.25) is 0 Å². The summed E-state index contributed by atoms with van der Waals surface area (Å²) in [5.74, 6) is -0.131. The Labute approximate surface area is 156 Å². The van der Waals surface area contributed by atoms with Crippen molar-refractivity contribution in [1.82, 2.24) is 14.5 Å². The van der Waals surface area contributed by atoms with E-state index in [2.05, 4.69) is 5.32 Å². The first-order valence-electron chi connectivity index (χ1n) is 9.60. The van der Waals surface area contributed by atoms with Gasteiger partial charge in [0.15, 0.2) is 0 Å². The Balaban J connectivity index is 1.91. The third-order valence-corrected chi connectivity index (χ3v) is 7.02. The van der Waals surface area contributed by atoms with Crippen molar-refractivity contribution in [3.63, 3.8) is 0 Å². The van der Waals surface area contributed by atoms with Crippen LogP contribution in [-0.2, 0) is 19.6 Å². The summed E-state index contributed by atoms with van der Waals surface area (Å²) < 4.78 is 31.3. The maximum Gasteiger partial charge on any atom is 0.409 e. The van der Waals surface area contributed by atoms with Crippen LogP contribution < -0.4 is 5.32 Å². The van der Waals surface area contributed by atoms with Crippen LogP contribution in [0.1, 0.15) is 52.4 Å². The van der Waals surface area contributed by atoms with Crippen molar-refractivity contribution in [1.29, 1.82) is 0 Å². The summed E-state index contributed by atoms with van der Waals surface area (Å²) in [7, 11) is -3.39. The van der Waals surface area contributed by atoms with Crippen LogP contribution in [0.15, 0.2) is 0 Å². The van der Waals surface area contributed by atoms with Gasteiger partial charge in [-0.15, -0.1) is 0 Å². The molecule has 0 aliphatic carbocycles. The normalized spacial score (nSPS) is 22.8. The van der Waals surface area contributed by atoms with E-state index in [9.17, 15) is 18.0 Å². The third-order valence-electron chi connectivity index (χ3n) is 4.94. The van der Waals surface area contributed by atoms with Crippen molar-refractivity contribution in [2.75, 3.05) is 32.0 Å². The SMILES string of the molecule is CCCS(=O)(=O)N1CCCCC1C(=O)NC1CCN(C(=O)OCC)CC1. The molecule has 0 saturated carbocycles. The molecule has 0 aromatic carbocycles. The smallest absolute Gasteiger partial charge is 0.409 e. The van der Waals surface area contributed by atoms with Crippen molar-refractivity contribution in [2.24, 2.45) is 0 Å². The molecule has 150 valence electrons. The predicted octanol–water partition coefficient (Wildman–Crippen LogP) is 1.32. The fourth-order valence-electron chi connectivity index (χ4n) is 3.59. The number of nitrogens with zero attached hydrogens (tertiary/aromatic N) is 2. The number of carbonyl (C=O) groups is 2. The molecule has 0 spiro atoms. The van der Waals surface area contributed by atoms with Gasteiger partial charge in [-0.05, 0) is 39.0 Å². The number of hydrogen-bond donors (Lipinski definition) is 1. The lowest BCUT2D eigenvalue weighted by Crippen LogP contribution is -2.55. The van der Waals surface area contributed by atoms with E-state index >= 15 is 0 Å². The highest BCUT2D eigenvalue weighted by Crippen LogP contribution is 2.22. The lowest BCUT2D eigenvalue weighted by Gasteiger charge is -2.36. The van der Waals surface area contributed by atoms with Gasteiger partial charge in [0, 0.05) is 25.7 Å². The summed E-state index contributed by atoms with van der Waals surface area (Å²) in [5.41, 5.74) is 0. The van der Waals surface area contributed by atoms with Crippen molar-refractivity contribution in [3.8, 4) is 0 Å². The molecule has 9 heteroatoms. The lowest BCUT2D eigenvalue weighted by molar-refractivity contribution is -0.126. The van der Waals surface area contributed by atoms with Crippen LogP contribution in [-0.4, -0.2) is 73.7 Å². The topological polar surface area (TPSA) is 96.0 Å². The van der Waals surface area contributed by atoms with Gasteiger partial charge in [0.1, 0.15) is 6.04 Å².